The minimum Gasteiger partial charge on any atom is -0.339 e. The predicted octanol–water partition coefficient (Wildman–Crippen LogP) is 2.60. The summed E-state index contributed by atoms with van der Waals surface area (Å²) in [6.07, 6.45) is 6.02. The summed E-state index contributed by atoms with van der Waals surface area (Å²) in [5.74, 6) is 0.514. The molecule has 0 amide bonds. The fourth-order valence-electron chi connectivity index (χ4n) is 3.49. The zero-order chi connectivity index (χ0) is 20.6. The first kappa shape index (κ1) is 19.9. The number of aryl methyl sites for hydroxylation is 1. The van der Waals surface area contributed by atoms with Crippen LogP contribution in [0.15, 0.2) is 45.0 Å². The first-order chi connectivity index (χ1) is 13.8. The number of amidine groups is 1. The quantitative estimate of drug-likeness (QED) is 0.577. The summed E-state index contributed by atoms with van der Waals surface area (Å²) in [7, 11) is -2.04. The molecule has 154 valence electrons. The SMILES string of the molecule is Cn1ccnc1Sc1ccc([C@@H]2NS(=O)(=O)N=C3CCCCCN32)cc1[N+](=O)[O-]. The first-order valence-electron chi connectivity index (χ1n) is 9.15. The average Bonchev–Trinajstić information content (AvgIpc) is 2.92. The maximum Gasteiger partial charge on any atom is 0.323 e. The van der Waals surface area contributed by atoms with Crippen LogP contribution in [0.1, 0.15) is 37.4 Å². The van der Waals surface area contributed by atoms with Gasteiger partial charge in [0.1, 0.15) is 12.0 Å². The molecule has 1 saturated heterocycles. The van der Waals surface area contributed by atoms with Gasteiger partial charge in [0, 0.05) is 38.5 Å². The summed E-state index contributed by atoms with van der Waals surface area (Å²) >= 11 is 1.19. The van der Waals surface area contributed by atoms with E-state index in [9.17, 15) is 18.5 Å². The standard InChI is InChI=1S/C17H20N6O4S2/c1-21-10-8-18-17(21)28-14-7-6-12(11-13(14)23(24)25)16-20-29(26,27)19-15-5-3-2-4-9-22(15)16/h6-8,10-11,16,20H,2-5,9H2,1H3/t16-/m1/s1. The molecule has 0 saturated carbocycles. The number of fused-ring (bicyclic) bond motifs is 1. The Labute approximate surface area is 172 Å². The third kappa shape index (κ3) is 4.14. The van der Waals surface area contributed by atoms with E-state index in [0.717, 1.165) is 19.3 Å². The average molecular weight is 437 g/mol. The molecule has 1 aromatic carbocycles. The highest BCUT2D eigenvalue weighted by molar-refractivity contribution is 7.99. The van der Waals surface area contributed by atoms with Gasteiger partial charge in [0.15, 0.2) is 5.16 Å². The molecule has 1 atom stereocenters. The number of benzene rings is 1. The highest BCUT2D eigenvalue weighted by Crippen LogP contribution is 2.37. The van der Waals surface area contributed by atoms with Crippen molar-refractivity contribution >= 4 is 33.5 Å². The number of hydrogen-bond donors (Lipinski definition) is 1. The van der Waals surface area contributed by atoms with Crippen LogP contribution in [0.25, 0.3) is 0 Å². The van der Waals surface area contributed by atoms with Gasteiger partial charge in [-0.05, 0) is 36.2 Å². The van der Waals surface area contributed by atoms with E-state index in [1.807, 2.05) is 11.9 Å². The molecule has 0 radical (unpaired) electrons. The Balaban J connectivity index is 1.72. The highest BCUT2D eigenvalue weighted by atomic mass is 32.2. The van der Waals surface area contributed by atoms with Crippen LogP contribution < -0.4 is 4.72 Å². The predicted molar refractivity (Wildman–Crippen MR) is 108 cm³/mol. The second-order valence-corrected chi connectivity index (χ2v) is 9.29. The summed E-state index contributed by atoms with van der Waals surface area (Å²) in [6.45, 7) is 0.642. The fourth-order valence-corrected chi connectivity index (χ4v) is 5.45. The normalized spacial score (nSPS) is 21.2. The van der Waals surface area contributed by atoms with Crippen LogP contribution >= 0.6 is 11.8 Å². The number of nitrogens with zero attached hydrogens (tertiary/aromatic N) is 5. The Morgan fingerprint density at radius 3 is 2.86 bits per heavy atom. The summed E-state index contributed by atoms with van der Waals surface area (Å²) in [5, 5.41) is 12.4. The number of hydrogen-bond acceptors (Lipinski definition) is 7. The maximum absolute atomic E-state index is 12.3. The van der Waals surface area contributed by atoms with Crippen LogP contribution in [0.4, 0.5) is 5.69 Å². The Hall–Kier alpha value is -2.44. The van der Waals surface area contributed by atoms with E-state index in [-0.39, 0.29) is 5.69 Å². The van der Waals surface area contributed by atoms with Crippen molar-refractivity contribution in [3.8, 4) is 0 Å². The molecule has 2 aromatic rings. The Kier molecular flexibility index (Phi) is 5.32. The van der Waals surface area contributed by atoms with E-state index < -0.39 is 21.3 Å². The molecule has 1 N–H and O–H groups in total. The highest BCUT2D eigenvalue weighted by Gasteiger charge is 2.35. The van der Waals surface area contributed by atoms with E-state index >= 15 is 0 Å². The summed E-state index contributed by atoms with van der Waals surface area (Å²) in [6, 6.07) is 4.80. The van der Waals surface area contributed by atoms with E-state index in [1.165, 1.54) is 17.8 Å². The van der Waals surface area contributed by atoms with Gasteiger partial charge < -0.3 is 9.47 Å². The van der Waals surface area contributed by atoms with Crippen molar-refractivity contribution in [2.24, 2.45) is 11.4 Å². The van der Waals surface area contributed by atoms with Crippen molar-refractivity contribution in [1.82, 2.24) is 19.2 Å². The van der Waals surface area contributed by atoms with Gasteiger partial charge >= 0.3 is 10.2 Å². The lowest BCUT2D eigenvalue weighted by Crippen LogP contribution is -2.48. The third-order valence-electron chi connectivity index (χ3n) is 4.90. The molecular formula is C17H20N6O4S2. The number of nitro benzene ring substituents is 1. The molecule has 0 aliphatic carbocycles. The molecule has 0 bridgehead atoms. The zero-order valence-corrected chi connectivity index (χ0v) is 17.3. The second-order valence-electron chi connectivity index (χ2n) is 6.91. The maximum atomic E-state index is 12.3. The van der Waals surface area contributed by atoms with Crippen molar-refractivity contribution in [2.75, 3.05) is 6.54 Å². The van der Waals surface area contributed by atoms with Gasteiger partial charge in [0.2, 0.25) is 0 Å². The number of aromatic nitrogens is 2. The van der Waals surface area contributed by atoms with Gasteiger partial charge in [0.05, 0.1) is 9.82 Å². The van der Waals surface area contributed by atoms with E-state index in [0.29, 0.717) is 34.4 Å². The van der Waals surface area contributed by atoms with Crippen molar-refractivity contribution in [1.29, 1.82) is 0 Å². The first-order valence-corrected chi connectivity index (χ1v) is 11.4. The third-order valence-corrected chi connectivity index (χ3v) is 7.02. The minimum absolute atomic E-state index is 0.0893. The molecule has 2 aliphatic heterocycles. The number of imidazole rings is 1. The largest absolute Gasteiger partial charge is 0.339 e. The van der Waals surface area contributed by atoms with Crippen molar-refractivity contribution < 1.29 is 13.3 Å². The van der Waals surface area contributed by atoms with Crippen LogP contribution in [-0.4, -0.2) is 40.2 Å². The second kappa shape index (κ2) is 7.76. The summed E-state index contributed by atoms with van der Waals surface area (Å²) < 4.78 is 32.7. The Morgan fingerprint density at radius 2 is 2.14 bits per heavy atom. The van der Waals surface area contributed by atoms with Crippen LogP contribution in [0.2, 0.25) is 0 Å². The van der Waals surface area contributed by atoms with Gasteiger partial charge in [0.25, 0.3) is 5.69 Å². The lowest BCUT2D eigenvalue weighted by atomic mass is 10.1. The van der Waals surface area contributed by atoms with Crippen LogP contribution in [0, 0.1) is 10.1 Å². The lowest BCUT2D eigenvalue weighted by Gasteiger charge is -2.36. The molecular weight excluding hydrogens is 416 g/mol. The summed E-state index contributed by atoms with van der Waals surface area (Å²) in [5.41, 5.74) is 0.423. The number of rotatable bonds is 4. The van der Waals surface area contributed by atoms with E-state index in [4.69, 9.17) is 0 Å². The van der Waals surface area contributed by atoms with Gasteiger partial charge in [-0.25, -0.2) is 4.98 Å². The van der Waals surface area contributed by atoms with E-state index in [2.05, 4.69) is 14.1 Å². The van der Waals surface area contributed by atoms with Crippen LogP contribution in [-0.2, 0) is 17.3 Å². The van der Waals surface area contributed by atoms with Gasteiger partial charge in [-0.2, -0.15) is 13.1 Å². The fraction of sp³-hybridized carbons (Fsp3) is 0.412. The Morgan fingerprint density at radius 1 is 1.31 bits per heavy atom. The molecule has 2 aliphatic rings. The molecule has 10 nitrogen and oxygen atoms in total. The van der Waals surface area contributed by atoms with Gasteiger partial charge in [-0.3, -0.25) is 10.1 Å². The van der Waals surface area contributed by atoms with Crippen LogP contribution in [0.5, 0.6) is 0 Å². The van der Waals surface area contributed by atoms with Crippen LogP contribution in [0.3, 0.4) is 0 Å². The molecule has 4 rings (SSSR count). The van der Waals surface area contributed by atoms with Gasteiger partial charge in [-0.1, -0.05) is 12.5 Å². The van der Waals surface area contributed by atoms with Crippen molar-refractivity contribution in [2.45, 2.75) is 41.9 Å². The molecule has 0 spiro atoms. The summed E-state index contributed by atoms with van der Waals surface area (Å²) in [4.78, 5) is 17.8. The molecule has 12 heteroatoms. The van der Waals surface area contributed by atoms with Gasteiger partial charge in [-0.15, -0.1) is 4.40 Å². The molecule has 29 heavy (non-hydrogen) atoms. The molecule has 1 aromatic heterocycles. The molecule has 3 heterocycles. The van der Waals surface area contributed by atoms with Crippen molar-refractivity contribution in [3.63, 3.8) is 0 Å². The smallest absolute Gasteiger partial charge is 0.323 e. The van der Waals surface area contributed by atoms with Crippen molar-refractivity contribution in [3.05, 3.63) is 46.3 Å². The monoisotopic (exact) mass is 436 g/mol. The molecule has 0 unspecified atom stereocenters. The molecule has 1 fully saturated rings. The number of nitro groups is 1. The topological polar surface area (TPSA) is 123 Å². The number of nitrogens with one attached hydrogen (secondary N) is 1. The zero-order valence-electron chi connectivity index (χ0n) is 15.7. The Bertz CT molecular complexity index is 1080. The lowest BCUT2D eigenvalue weighted by molar-refractivity contribution is -0.387. The van der Waals surface area contributed by atoms with E-state index in [1.54, 1.807) is 29.1 Å². The minimum atomic E-state index is -3.85.